The molecule has 0 saturated carbocycles. The Labute approximate surface area is 144 Å². The van der Waals surface area contributed by atoms with Gasteiger partial charge in [-0.3, -0.25) is 19.8 Å². The number of nitrogens with zero attached hydrogens (tertiary/aromatic N) is 2. The van der Waals surface area contributed by atoms with E-state index in [1.54, 1.807) is 0 Å². The molecule has 2 atom stereocenters. The third kappa shape index (κ3) is 4.23. The monoisotopic (exact) mass is 345 g/mol. The molecule has 1 aliphatic rings. The Morgan fingerprint density at radius 1 is 1.32 bits per heavy atom. The summed E-state index contributed by atoms with van der Waals surface area (Å²) in [4.78, 5) is 24.1. The predicted molar refractivity (Wildman–Crippen MR) is 89.0 cm³/mol. The zero-order chi connectivity index (χ0) is 17.8. The van der Waals surface area contributed by atoms with Crippen molar-refractivity contribution in [2.24, 2.45) is 0 Å². The van der Waals surface area contributed by atoms with Gasteiger partial charge in [-0.05, 0) is 18.1 Å². The summed E-state index contributed by atoms with van der Waals surface area (Å²) in [6.07, 6.45) is 0.126. The van der Waals surface area contributed by atoms with Crippen LogP contribution < -0.4 is 5.32 Å². The number of carbonyl (C=O) groups is 1. The minimum absolute atomic E-state index is 0.0101. The fourth-order valence-electron chi connectivity index (χ4n) is 3.03. The molecule has 1 aliphatic heterocycles. The Morgan fingerprint density at radius 3 is 2.76 bits per heavy atom. The molecule has 2 N–H and O–H groups in total. The van der Waals surface area contributed by atoms with Crippen LogP contribution in [-0.2, 0) is 6.54 Å². The first-order valence-corrected chi connectivity index (χ1v) is 8.01. The van der Waals surface area contributed by atoms with Crippen LogP contribution in [-0.4, -0.2) is 46.1 Å². The second-order valence-corrected chi connectivity index (χ2v) is 6.06. The van der Waals surface area contributed by atoms with E-state index in [0.717, 1.165) is 11.6 Å². The SMILES string of the molecule is O=C(NC[C@H]1C[C@@H](O)CN1Cc1ccccc1)c1ccc([N+](=O)[O-])o1. The first kappa shape index (κ1) is 17.1. The highest BCUT2D eigenvalue weighted by molar-refractivity contribution is 5.91. The van der Waals surface area contributed by atoms with E-state index in [0.29, 0.717) is 26.1 Å². The van der Waals surface area contributed by atoms with Gasteiger partial charge in [0.15, 0.2) is 5.76 Å². The second-order valence-electron chi connectivity index (χ2n) is 6.06. The van der Waals surface area contributed by atoms with Crippen molar-refractivity contribution < 1.29 is 19.2 Å². The summed E-state index contributed by atoms with van der Waals surface area (Å²) in [5.74, 6) is -1.07. The molecule has 1 aromatic heterocycles. The fourth-order valence-corrected chi connectivity index (χ4v) is 3.03. The highest BCUT2D eigenvalue weighted by atomic mass is 16.6. The molecule has 0 bridgehead atoms. The number of hydrogen-bond acceptors (Lipinski definition) is 6. The number of aliphatic hydroxyl groups excluding tert-OH is 1. The van der Waals surface area contributed by atoms with Crippen LogP contribution in [0.15, 0.2) is 46.9 Å². The largest absolute Gasteiger partial charge is 0.433 e. The molecule has 2 heterocycles. The number of rotatable bonds is 6. The smallest absolute Gasteiger partial charge is 0.395 e. The molecule has 8 heteroatoms. The summed E-state index contributed by atoms with van der Waals surface area (Å²) in [5, 5.41) is 23.3. The number of aliphatic hydroxyl groups is 1. The van der Waals surface area contributed by atoms with Crippen LogP contribution in [0, 0.1) is 10.1 Å². The van der Waals surface area contributed by atoms with Crippen LogP contribution in [0.3, 0.4) is 0 Å². The number of carbonyl (C=O) groups excluding carboxylic acids is 1. The summed E-state index contributed by atoms with van der Waals surface area (Å²) < 4.78 is 4.89. The van der Waals surface area contributed by atoms with Gasteiger partial charge in [0.2, 0.25) is 0 Å². The zero-order valence-electron chi connectivity index (χ0n) is 13.5. The van der Waals surface area contributed by atoms with Gasteiger partial charge in [-0.15, -0.1) is 0 Å². The standard InChI is InChI=1S/C17H19N3O5/c21-14-8-13(19(11-14)10-12-4-2-1-3-5-12)9-18-17(22)15-6-7-16(25-15)20(23)24/h1-7,13-14,21H,8-11H2,(H,18,22)/t13-,14-/m1/s1. The number of β-amino-alcohol motifs (C(OH)–C–C–N with tert-alkyl or cyclic N) is 1. The molecular formula is C17H19N3O5. The van der Waals surface area contributed by atoms with Crippen molar-refractivity contribution in [1.29, 1.82) is 0 Å². The topological polar surface area (TPSA) is 109 Å². The van der Waals surface area contributed by atoms with E-state index in [-0.39, 0.29) is 11.8 Å². The molecule has 1 saturated heterocycles. The highest BCUT2D eigenvalue weighted by Gasteiger charge is 2.31. The average Bonchev–Trinajstić information content (AvgIpc) is 3.21. The van der Waals surface area contributed by atoms with Gasteiger partial charge < -0.3 is 14.8 Å². The van der Waals surface area contributed by atoms with E-state index in [1.165, 1.54) is 6.07 Å². The molecule has 0 unspecified atom stereocenters. The maximum Gasteiger partial charge on any atom is 0.433 e. The fraction of sp³-hybridized carbons (Fsp3) is 0.353. The molecule has 0 spiro atoms. The van der Waals surface area contributed by atoms with Crippen molar-refractivity contribution in [3.05, 3.63) is 63.9 Å². The zero-order valence-corrected chi connectivity index (χ0v) is 13.5. The first-order valence-electron chi connectivity index (χ1n) is 8.01. The van der Waals surface area contributed by atoms with Crippen LogP contribution in [0.1, 0.15) is 22.5 Å². The Hall–Kier alpha value is -2.71. The third-order valence-electron chi connectivity index (χ3n) is 4.23. The number of hydrogen-bond donors (Lipinski definition) is 2. The quantitative estimate of drug-likeness (QED) is 0.607. The lowest BCUT2D eigenvalue weighted by atomic mass is 10.1. The number of furan rings is 1. The molecule has 3 rings (SSSR count). The van der Waals surface area contributed by atoms with E-state index in [4.69, 9.17) is 4.42 Å². The molecule has 2 aromatic rings. The lowest BCUT2D eigenvalue weighted by Crippen LogP contribution is -2.39. The van der Waals surface area contributed by atoms with E-state index in [9.17, 15) is 20.0 Å². The highest BCUT2D eigenvalue weighted by Crippen LogP contribution is 2.21. The molecule has 1 amide bonds. The van der Waals surface area contributed by atoms with Gasteiger partial charge in [-0.2, -0.15) is 0 Å². The number of amides is 1. The van der Waals surface area contributed by atoms with Crippen LogP contribution in [0.5, 0.6) is 0 Å². The van der Waals surface area contributed by atoms with Gasteiger partial charge in [-0.25, -0.2) is 0 Å². The van der Waals surface area contributed by atoms with E-state index < -0.39 is 22.8 Å². The summed E-state index contributed by atoms with van der Waals surface area (Å²) in [6.45, 7) is 1.56. The minimum Gasteiger partial charge on any atom is -0.395 e. The third-order valence-corrected chi connectivity index (χ3v) is 4.23. The van der Waals surface area contributed by atoms with Crippen LogP contribution >= 0.6 is 0 Å². The van der Waals surface area contributed by atoms with Gasteiger partial charge in [0, 0.05) is 25.7 Å². The van der Waals surface area contributed by atoms with Gasteiger partial charge in [-0.1, -0.05) is 30.3 Å². The van der Waals surface area contributed by atoms with E-state index >= 15 is 0 Å². The summed E-state index contributed by atoms with van der Waals surface area (Å²) >= 11 is 0. The lowest BCUT2D eigenvalue weighted by molar-refractivity contribution is -0.402. The van der Waals surface area contributed by atoms with Crippen molar-refractivity contribution in [1.82, 2.24) is 10.2 Å². The van der Waals surface area contributed by atoms with Gasteiger partial charge in [0.25, 0.3) is 5.91 Å². The van der Waals surface area contributed by atoms with Crippen molar-refractivity contribution in [3.8, 4) is 0 Å². The molecule has 0 radical (unpaired) electrons. The van der Waals surface area contributed by atoms with Gasteiger partial charge in [0.05, 0.1) is 12.2 Å². The molecule has 0 aliphatic carbocycles. The predicted octanol–water partition coefficient (Wildman–Crippen LogP) is 1.55. The van der Waals surface area contributed by atoms with Crippen molar-refractivity contribution in [3.63, 3.8) is 0 Å². The molecule has 1 fully saturated rings. The Bertz CT molecular complexity index is 746. The number of nitro groups is 1. The first-order chi connectivity index (χ1) is 12.0. The maximum atomic E-state index is 12.1. The number of nitrogens with one attached hydrogen (secondary N) is 1. The Balaban J connectivity index is 1.58. The molecular weight excluding hydrogens is 326 g/mol. The molecule has 1 aromatic carbocycles. The van der Waals surface area contributed by atoms with Crippen molar-refractivity contribution in [2.75, 3.05) is 13.1 Å². The normalized spacial score (nSPS) is 20.5. The Kier molecular flexibility index (Phi) is 5.11. The van der Waals surface area contributed by atoms with Gasteiger partial charge in [0.1, 0.15) is 4.92 Å². The molecule has 132 valence electrons. The van der Waals surface area contributed by atoms with Gasteiger partial charge >= 0.3 is 5.88 Å². The average molecular weight is 345 g/mol. The number of benzene rings is 1. The molecule has 25 heavy (non-hydrogen) atoms. The summed E-state index contributed by atoms with van der Waals surface area (Å²) in [6, 6.07) is 12.3. The van der Waals surface area contributed by atoms with Crippen molar-refractivity contribution >= 4 is 11.8 Å². The minimum atomic E-state index is -0.689. The van der Waals surface area contributed by atoms with Crippen LogP contribution in [0.4, 0.5) is 5.88 Å². The van der Waals surface area contributed by atoms with E-state index in [2.05, 4.69) is 10.2 Å². The van der Waals surface area contributed by atoms with Crippen molar-refractivity contribution in [2.45, 2.75) is 25.1 Å². The van der Waals surface area contributed by atoms with Crippen LogP contribution in [0.2, 0.25) is 0 Å². The molecule has 8 nitrogen and oxygen atoms in total. The van der Waals surface area contributed by atoms with Crippen LogP contribution in [0.25, 0.3) is 0 Å². The summed E-state index contributed by atoms with van der Waals surface area (Å²) in [5.41, 5.74) is 1.13. The lowest BCUT2D eigenvalue weighted by Gasteiger charge is -2.24. The second kappa shape index (κ2) is 7.45. The summed E-state index contributed by atoms with van der Waals surface area (Å²) in [7, 11) is 0. The number of likely N-dealkylation sites (tertiary alicyclic amines) is 1. The Morgan fingerprint density at radius 2 is 2.08 bits per heavy atom. The maximum absolute atomic E-state index is 12.1. The van der Waals surface area contributed by atoms with E-state index in [1.807, 2.05) is 30.3 Å².